The largest absolute Gasteiger partial charge is 0.369 e. The predicted molar refractivity (Wildman–Crippen MR) is 118 cm³/mol. The number of rotatable bonds is 5. The summed E-state index contributed by atoms with van der Waals surface area (Å²) in [4.78, 5) is 41.6. The third-order valence-electron chi connectivity index (χ3n) is 5.47. The van der Waals surface area contributed by atoms with Crippen molar-refractivity contribution in [2.75, 3.05) is 43.4 Å². The zero-order valence-corrected chi connectivity index (χ0v) is 16.9. The van der Waals surface area contributed by atoms with Gasteiger partial charge >= 0.3 is 0 Å². The van der Waals surface area contributed by atoms with Gasteiger partial charge < -0.3 is 15.1 Å². The van der Waals surface area contributed by atoms with Crippen molar-refractivity contribution in [2.45, 2.75) is 13.0 Å². The van der Waals surface area contributed by atoms with Crippen LogP contribution in [0, 0.1) is 0 Å². The first-order valence-electron chi connectivity index (χ1n) is 10.1. The second kappa shape index (κ2) is 8.54. The second-order valence-corrected chi connectivity index (χ2v) is 7.58. The number of nitrogens with one attached hydrogen (secondary N) is 2. The Kier molecular flexibility index (Phi) is 5.67. The third-order valence-corrected chi connectivity index (χ3v) is 5.47. The number of benzene rings is 2. The van der Waals surface area contributed by atoms with Crippen LogP contribution in [0.2, 0.25) is 0 Å². The molecule has 156 valence electrons. The molecule has 0 radical (unpaired) electrons. The van der Waals surface area contributed by atoms with E-state index in [9.17, 15) is 14.4 Å². The highest BCUT2D eigenvalue weighted by Crippen LogP contribution is 2.19. The van der Waals surface area contributed by atoms with Crippen LogP contribution in [0.1, 0.15) is 6.42 Å². The number of piperazine rings is 1. The first kappa shape index (κ1) is 19.9. The Morgan fingerprint density at radius 1 is 0.967 bits per heavy atom. The van der Waals surface area contributed by atoms with Gasteiger partial charge in [-0.15, -0.1) is 0 Å². The van der Waals surface area contributed by atoms with E-state index < -0.39 is 0 Å². The van der Waals surface area contributed by atoms with Gasteiger partial charge in [0, 0.05) is 44.0 Å². The molecular formula is C22H25N5O3. The van der Waals surface area contributed by atoms with Gasteiger partial charge in [0.25, 0.3) is 11.1 Å². The Hall–Kier alpha value is -3.39. The summed E-state index contributed by atoms with van der Waals surface area (Å²) in [6.07, 6.45) is 0.0778. The minimum atomic E-state index is -0.342. The van der Waals surface area contributed by atoms with E-state index in [1.807, 2.05) is 24.3 Å². The van der Waals surface area contributed by atoms with E-state index in [1.54, 1.807) is 24.3 Å². The zero-order valence-electron chi connectivity index (χ0n) is 16.9. The average Bonchev–Trinajstić information content (AvgIpc) is 2.76. The summed E-state index contributed by atoms with van der Waals surface area (Å²) in [6, 6.07) is 14.4. The highest BCUT2D eigenvalue weighted by Gasteiger charge is 2.14. The molecule has 0 atom stereocenters. The number of amides is 1. The van der Waals surface area contributed by atoms with Crippen LogP contribution in [0.5, 0.6) is 0 Å². The highest BCUT2D eigenvalue weighted by atomic mass is 16.2. The van der Waals surface area contributed by atoms with Crippen LogP contribution >= 0.6 is 0 Å². The van der Waals surface area contributed by atoms with Gasteiger partial charge in [0.1, 0.15) is 0 Å². The number of anilines is 2. The molecule has 0 unspecified atom stereocenters. The van der Waals surface area contributed by atoms with E-state index in [2.05, 4.69) is 27.3 Å². The van der Waals surface area contributed by atoms with E-state index >= 15 is 0 Å². The number of nitrogens with zero attached hydrogens (tertiary/aromatic N) is 3. The highest BCUT2D eigenvalue weighted by molar-refractivity contribution is 5.90. The lowest BCUT2D eigenvalue weighted by Crippen LogP contribution is -2.44. The maximum atomic E-state index is 12.5. The molecule has 30 heavy (non-hydrogen) atoms. The van der Waals surface area contributed by atoms with Crippen molar-refractivity contribution in [3.63, 3.8) is 0 Å². The fourth-order valence-corrected chi connectivity index (χ4v) is 3.66. The van der Waals surface area contributed by atoms with Crippen LogP contribution in [-0.4, -0.2) is 53.8 Å². The molecule has 3 aromatic rings. The lowest BCUT2D eigenvalue weighted by atomic mass is 10.2. The van der Waals surface area contributed by atoms with E-state index in [-0.39, 0.29) is 30.0 Å². The number of fused-ring (bicyclic) bond motifs is 1. The minimum absolute atomic E-state index is 0.0778. The van der Waals surface area contributed by atoms with Gasteiger partial charge in [-0.1, -0.05) is 12.1 Å². The van der Waals surface area contributed by atoms with Gasteiger partial charge in [-0.05, 0) is 43.4 Å². The Morgan fingerprint density at radius 2 is 1.63 bits per heavy atom. The molecule has 1 amide bonds. The second-order valence-electron chi connectivity index (χ2n) is 7.58. The van der Waals surface area contributed by atoms with Gasteiger partial charge in [-0.3, -0.25) is 19.5 Å². The molecule has 8 nitrogen and oxygen atoms in total. The molecule has 1 aliphatic rings. The van der Waals surface area contributed by atoms with Gasteiger partial charge in [0.2, 0.25) is 5.91 Å². The Labute approximate surface area is 173 Å². The monoisotopic (exact) mass is 407 g/mol. The van der Waals surface area contributed by atoms with Crippen LogP contribution in [0.4, 0.5) is 11.4 Å². The zero-order chi connectivity index (χ0) is 21.1. The van der Waals surface area contributed by atoms with Gasteiger partial charge in [-0.25, -0.2) is 4.68 Å². The molecule has 0 bridgehead atoms. The summed E-state index contributed by atoms with van der Waals surface area (Å²) in [6.45, 7) is 4.15. The molecular weight excluding hydrogens is 382 g/mol. The van der Waals surface area contributed by atoms with Crippen LogP contribution in [0.3, 0.4) is 0 Å². The van der Waals surface area contributed by atoms with Crippen molar-refractivity contribution in [1.29, 1.82) is 0 Å². The van der Waals surface area contributed by atoms with Gasteiger partial charge in [-0.2, -0.15) is 0 Å². The fourth-order valence-electron chi connectivity index (χ4n) is 3.66. The molecule has 1 saturated heterocycles. The SMILES string of the molecule is CN1CCN(c2ccc(NC(=O)CCn3[nH]c(=O)c4ccccc4c3=O)cc2)CC1. The number of hydrogen-bond acceptors (Lipinski definition) is 5. The minimum Gasteiger partial charge on any atom is -0.369 e. The van der Waals surface area contributed by atoms with Gasteiger partial charge in [0.05, 0.1) is 17.3 Å². The molecule has 8 heteroatoms. The number of carbonyl (C=O) groups excluding carboxylic acids is 1. The summed E-state index contributed by atoms with van der Waals surface area (Å²) in [5.74, 6) is -0.219. The van der Waals surface area contributed by atoms with Crippen molar-refractivity contribution in [3.8, 4) is 0 Å². The number of H-pyrrole nitrogens is 1. The number of aromatic nitrogens is 2. The number of carbonyl (C=O) groups is 1. The van der Waals surface area contributed by atoms with E-state index in [4.69, 9.17) is 0 Å². The third kappa shape index (κ3) is 4.28. The van der Waals surface area contributed by atoms with Crippen LogP contribution in [-0.2, 0) is 11.3 Å². The van der Waals surface area contributed by atoms with Crippen LogP contribution in [0.15, 0.2) is 58.1 Å². The number of hydrogen-bond donors (Lipinski definition) is 2. The summed E-state index contributed by atoms with van der Waals surface area (Å²) >= 11 is 0. The molecule has 2 heterocycles. The van der Waals surface area contributed by atoms with E-state index in [0.717, 1.165) is 31.9 Å². The Balaban J connectivity index is 1.37. The topological polar surface area (TPSA) is 90.4 Å². The number of aryl methyl sites for hydroxylation is 1. The molecule has 4 rings (SSSR count). The van der Waals surface area contributed by atoms with E-state index in [1.165, 1.54) is 4.68 Å². The fraction of sp³-hybridized carbons (Fsp3) is 0.318. The molecule has 0 aliphatic carbocycles. The Morgan fingerprint density at radius 3 is 2.33 bits per heavy atom. The maximum absolute atomic E-state index is 12.5. The molecule has 1 aliphatic heterocycles. The number of aromatic amines is 1. The number of likely N-dealkylation sites (N-methyl/N-ethyl adjacent to an activating group) is 1. The van der Waals surface area contributed by atoms with Crippen LogP contribution in [0.25, 0.3) is 10.8 Å². The average molecular weight is 407 g/mol. The molecule has 0 spiro atoms. The maximum Gasteiger partial charge on any atom is 0.273 e. The van der Waals surface area contributed by atoms with Gasteiger partial charge in [0.15, 0.2) is 0 Å². The predicted octanol–water partition coefficient (Wildman–Crippen LogP) is 1.47. The van der Waals surface area contributed by atoms with Crippen molar-refractivity contribution < 1.29 is 4.79 Å². The molecule has 1 aromatic heterocycles. The lowest BCUT2D eigenvalue weighted by molar-refractivity contribution is -0.116. The Bertz CT molecular complexity index is 1160. The quantitative estimate of drug-likeness (QED) is 0.669. The first-order chi connectivity index (χ1) is 14.5. The van der Waals surface area contributed by atoms with Crippen molar-refractivity contribution in [3.05, 3.63) is 69.2 Å². The smallest absolute Gasteiger partial charge is 0.273 e. The van der Waals surface area contributed by atoms with Crippen molar-refractivity contribution in [1.82, 2.24) is 14.7 Å². The molecule has 2 N–H and O–H groups in total. The molecule has 1 fully saturated rings. The molecule has 0 saturated carbocycles. The van der Waals surface area contributed by atoms with Crippen LogP contribution < -0.4 is 21.3 Å². The summed E-state index contributed by atoms with van der Waals surface area (Å²) < 4.78 is 1.20. The summed E-state index contributed by atoms with van der Waals surface area (Å²) in [5, 5.41) is 6.09. The lowest BCUT2D eigenvalue weighted by Gasteiger charge is -2.34. The molecule has 2 aromatic carbocycles. The van der Waals surface area contributed by atoms with E-state index in [0.29, 0.717) is 16.5 Å². The van der Waals surface area contributed by atoms with Crippen molar-refractivity contribution in [2.24, 2.45) is 0 Å². The first-order valence-corrected chi connectivity index (χ1v) is 10.1. The summed E-state index contributed by atoms with van der Waals surface area (Å²) in [5.41, 5.74) is 1.19. The normalized spacial score (nSPS) is 14.8. The summed E-state index contributed by atoms with van der Waals surface area (Å²) in [7, 11) is 2.12. The van der Waals surface area contributed by atoms with Crippen molar-refractivity contribution >= 4 is 28.1 Å². The standard InChI is InChI=1S/C22H25N5O3/c1-25-12-14-26(15-13-25)17-8-6-16(7-9-17)23-20(28)10-11-27-22(30)19-5-3-2-4-18(19)21(29)24-27/h2-9H,10-15H2,1H3,(H,23,28)(H,24,29).